The van der Waals surface area contributed by atoms with Crippen molar-refractivity contribution in [2.45, 2.75) is 64.0 Å². The molecule has 3 aromatic rings. The summed E-state index contributed by atoms with van der Waals surface area (Å²) in [5.74, 6) is 0.521. The number of likely N-dealkylation sites (tertiary alicyclic amines) is 2. The largest absolute Gasteiger partial charge is 0.390 e. The molecule has 2 fully saturated rings. The number of nitrogens with zero attached hydrogens (tertiary/aromatic N) is 2. The Hall–Kier alpha value is -2.43. The molecular formula is C30H38N2O2. The maximum atomic E-state index is 13.9. The van der Waals surface area contributed by atoms with E-state index in [1.807, 2.05) is 24.3 Å². The van der Waals surface area contributed by atoms with Gasteiger partial charge in [0.2, 0.25) is 0 Å². The molecule has 1 atom stereocenters. The quantitative estimate of drug-likeness (QED) is 0.487. The molecule has 2 aliphatic heterocycles. The summed E-state index contributed by atoms with van der Waals surface area (Å²) in [6, 6.07) is 19.2. The van der Waals surface area contributed by atoms with Crippen molar-refractivity contribution in [3.05, 3.63) is 60.2 Å². The van der Waals surface area contributed by atoms with Crippen molar-refractivity contribution in [3.8, 4) is 0 Å². The molecule has 1 N–H and O–H groups in total. The summed E-state index contributed by atoms with van der Waals surface area (Å²) in [5.41, 5.74) is 0.311. The lowest BCUT2D eigenvalue weighted by Crippen LogP contribution is -2.53. The first-order valence-electron chi connectivity index (χ1n) is 13.2. The minimum Gasteiger partial charge on any atom is -0.390 e. The zero-order valence-electron chi connectivity index (χ0n) is 20.7. The highest BCUT2D eigenvalue weighted by atomic mass is 16.3. The van der Waals surface area contributed by atoms with E-state index in [1.165, 1.54) is 0 Å². The molecule has 0 aromatic heterocycles. The number of carbonyl (C=O) groups is 1. The third-order valence-corrected chi connectivity index (χ3v) is 8.69. The first-order chi connectivity index (χ1) is 16.5. The zero-order valence-corrected chi connectivity index (χ0v) is 20.7. The molecule has 2 saturated heterocycles. The number of hydrogen-bond acceptors (Lipinski definition) is 3. The lowest BCUT2D eigenvalue weighted by molar-refractivity contribution is -0.0625. The van der Waals surface area contributed by atoms with Crippen molar-refractivity contribution in [3.63, 3.8) is 0 Å². The molecule has 2 heterocycles. The predicted molar refractivity (Wildman–Crippen MR) is 140 cm³/mol. The van der Waals surface area contributed by atoms with Crippen molar-refractivity contribution in [2.24, 2.45) is 5.92 Å². The summed E-state index contributed by atoms with van der Waals surface area (Å²) in [4.78, 5) is 18.5. The molecule has 2 aliphatic rings. The highest BCUT2D eigenvalue weighted by Crippen LogP contribution is 2.35. The number of hydrogen-bond donors (Lipinski definition) is 1. The van der Waals surface area contributed by atoms with E-state index >= 15 is 0 Å². The minimum atomic E-state index is -0.537. The number of benzene rings is 3. The van der Waals surface area contributed by atoms with Gasteiger partial charge >= 0.3 is 0 Å². The Labute approximate surface area is 203 Å². The zero-order chi connectivity index (χ0) is 23.7. The highest BCUT2D eigenvalue weighted by molar-refractivity contribution is 6.18. The van der Waals surface area contributed by atoms with Crippen molar-refractivity contribution in [2.75, 3.05) is 26.2 Å². The predicted octanol–water partition coefficient (Wildman–Crippen LogP) is 5.86. The summed E-state index contributed by atoms with van der Waals surface area (Å²) in [5, 5.41) is 15.4. The Balaban J connectivity index is 1.33. The van der Waals surface area contributed by atoms with Crippen molar-refractivity contribution in [1.29, 1.82) is 0 Å². The van der Waals surface area contributed by atoms with Gasteiger partial charge in [-0.05, 0) is 72.7 Å². The van der Waals surface area contributed by atoms with Gasteiger partial charge in [-0.25, -0.2) is 0 Å². The van der Waals surface area contributed by atoms with Crippen LogP contribution in [0.2, 0.25) is 0 Å². The summed E-state index contributed by atoms with van der Waals surface area (Å²) >= 11 is 0. The van der Waals surface area contributed by atoms with Crippen LogP contribution in [0.3, 0.4) is 0 Å². The molecule has 0 bridgehead atoms. The van der Waals surface area contributed by atoms with Gasteiger partial charge in [0.05, 0.1) is 11.2 Å². The molecule has 5 rings (SSSR count). The summed E-state index contributed by atoms with van der Waals surface area (Å²) in [7, 11) is 0. The molecule has 0 saturated carbocycles. The number of aliphatic hydroxyl groups is 1. The van der Waals surface area contributed by atoms with E-state index in [1.54, 1.807) is 0 Å². The van der Waals surface area contributed by atoms with Gasteiger partial charge in [0, 0.05) is 31.6 Å². The molecule has 4 heteroatoms. The van der Waals surface area contributed by atoms with Crippen LogP contribution < -0.4 is 0 Å². The normalized spacial score (nSPS) is 20.8. The van der Waals surface area contributed by atoms with Crippen LogP contribution in [0.25, 0.3) is 21.5 Å². The highest BCUT2D eigenvalue weighted by Gasteiger charge is 2.38. The van der Waals surface area contributed by atoms with E-state index < -0.39 is 5.60 Å². The third-order valence-electron chi connectivity index (χ3n) is 8.69. The lowest BCUT2D eigenvalue weighted by Gasteiger charge is -2.46. The average molecular weight is 459 g/mol. The first-order valence-corrected chi connectivity index (χ1v) is 13.2. The summed E-state index contributed by atoms with van der Waals surface area (Å²) in [6.07, 6.45) is 5.96. The van der Waals surface area contributed by atoms with Gasteiger partial charge in [0.15, 0.2) is 0 Å². The Bertz CT molecular complexity index is 1110. The maximum absolute atomic E-state index is 13.9. The smallest absolute Gasteiger partial charge is 0.255 e. The fourth-order valence-electron chi connectivity index (χ4n) is 6.44. The second kappa shape index (κ2) is 9.67. The van der Waals surface area contributed by atoms with E-state index in [0.717, 1.165) is 91.8 Å². The minimum absolute atomic E-state index is 0.161. The second-order valence-electron chi connectivity index (χ2n) is 10.4. The van der Waals surface area contributed by atoms with Gasteiger partial charge in [-0.1, -0.05) is 62.4 Å². The fraction of sp³-hybridized carbons (Fsp3) is 0.500. The van der Waals surface area contributed by atoms with Crippen LogP contribution >= 0.6 is 0 Å². The van der Waals surface area contributed by atoms with Crippen molar-refractivity contribution in [1.82, 2.24) is 9.80 Å². The molecule has 1 amide bonds. The molecular weight excluding hydrogens is 420 g/mol. The fourth-order valence-corrected chi connectivity index (χ4v) is 6.44. The van der Waals surface area contributed by atoms with E-state index in [2.05, 4.69) is 54.0 Å². The molecule has 0 spiro atoms. The average Bonchev–Trinajstić information content (AvgIpc) is 2.91. The van der Waals surface area contributed by atoms with Crippen LogP contribution in [0.1, 0.15) is 62.7 Å². The molecule has 34 heavy (non-hydrogen) atoms. The number of piperidine rings is 2. The van der Waals surface area contributed by atoms with Gasteiger partial charge in [0.25, 0.3) is 5.91 Å². The van der Waals surface area contributed by atoms with Gasteiger partial charge < -0.3 is 10.0 Å². The molecule has 180 valence electrons. The van der Waals surface area contributed by atoms with Gasteiger partial charge in [-0.2, -0.15) is 0 Å². The van der Waals surface area contributed by atoms with Crippen molar-refractivity contribution < 1.29 is 9.90 Å². The van der Waals surface area contributed by atoms with E-state index in [0.29, 0.717) is 12.0 Å². The number of carbonyl (C=O) groups excluding carboxylic acids is 1. The van der Waals surface area contributed by atoms with E-state index in [-0.39, 0.29) is 5.91 Å². The lowest BCUT2D eigenvalue weighted by atomic mass is 9.77. The van der Waals surface area contributed by atoms with Gasteiger partial charge in [0.1, 0.15) is 0 Å². The monoisotopic (exact) mass is 458 g/mol. The molecule has 4 nitrogen and oxygen atoms in total. The molecule has 0 radical (unpaired) electrons. The summed E-state index contributed by atoms with van der Waals surface area (Å²) in [6.45, 7) is 7.94. The van der Waals surface area contributed by atoms with Crippen LogP contribution in [0.4, 0.5) is 0 Å². The molecule has 3 aromatic carbocycles. The van der Waals surface area contributed by atoms with Crippen molar-refractivity contribution >= 4 is 27.5 Å². The Morgan fingerprint density at radius 2 is 1.50 bits per heavy atom. The van der Waals surface area contributed by atoms with E-state index in [9.17, 15) is 9.90 Å². The van der Waals surface area contributed by atoms with E-state index in [4.69, 9.17) is 0 Å². The Kier molecular flexibility index (Phi) is 6.63. The number of fused-ring (bicyclic) bond motifs is 2. The SMILES string of the molecule is CCC(O)(CC)C1CCCN(C2CCN(C(=O)c3c4ccccc4cc4ccccc34)CC2)C1. The maximum Gasteiger partial charge on any atom is 0.255 e. The van der Waals surface area contributed by atoms with Crippen LogP contribution in [0.15, 0.2) is 54.6 Å². The van der Waals surface area contributed by atoms with Crippen LogP contribution in [-0.4, -0.2) is 58.6 Å². The number of rotatable bonds is 5. The Morgan fingerprint density at radius 1 is 0.912 bits per heavy atom. The van der Waals surface area contributed by atoms with Crippen LogP contribution in [0, 0.1) is 5.92 Å². The topological polar surface area (TPSA) is 43.8 Å². The summed E-state index contributed by atoms with van der Waals surface area (Å²) < 4.78 is 0. The Morgan fingerprint density at radius 3 is 2.09 bits per heavy atom. The second-order valence-corrected chi connectivity index (χ2v) is 10.4. The molecule has 0 aliphatic carbocycles. The van der Waals surface area contributed by atoms with Gasteiger partial charge in [-0.15, -0.1) is 0 Å². The standard InChI is InChI=1S/C30H38N2O2/c1-3-30(34,4-2)24-12-9-17-32(21-24)25-15-18-31(19-16-25)29(33)28-26-13-7-5-10-22(26)20-23-11-6-8-14-27(23)28/h5-8,10-11,13-14,20,24-25,34H,3-4,9,12,15-19,21H2,1-2H3. The van der Waals surface area contributed by atoms with Crippen LogP contribution in [0.5, 0.6) is 0 Å². The van der Waals surface area contributed by atoms with Gasteiger partial charge in [-0.3, -0.25) is 9.69 Å². The first kappa shape index (κ1) is 23.3. The third kappa shape index (κ3) is 4.23. The molecule has 1 unspecified atom stereocenters. The number of amides is 1. The van der Waals surface area contributed by atoms with Crippen LogP contribution in [-0.2, 0) is 0 Å².